The first-order chi connectivity index (χ1) is 9.70. The molecule has 3 N–H and O–H groups in total. The van der Waals surface area contributed by atoms with Crippen molar-refractivity contribution in [3.63, 3.8) is 0 Å². The number of nitrogens with two attached hydrogens (primary N) is 1. The highest BCUT2D eigenvalue weighted by Crippen LogP contribution is 2.15. The van der Waals surface area contributed by atoms with Crippen molar-refractivity contribution in [1.82, 2.24) is 10.2 Å². The fourth-order valence-electron chi connectivity index (χ4n) is 2.38. The maximum absolute atomic E-state index is 12.0. The van der Waals surface area contributed by atoms with Crippen LogP contribution in [0.15, 0.2) is 30.3 Å². The van der Waals surface area contributed by atoms with E-state index in [4.69, 9.17) is 5.73 Å². The maximum atomic E-state index is 12.0. The van der Waals surface area contributed by atoms with E-state index in [0.717, 1.165) is 25.9 Å². The third-order valence-corrected chi connectivity index (χ3v) is 3.74. The molecular weight excluding hydrogens is 290 g/mol. The van der Waals surface area contributed by atoms with E-state index < -0.39 is 0 Å². The molecule has 0 unspecified atom stereocenters. The third kappa shape index (κ3) is 5.02. The minimum atomic E-state index is -0.212. The molecule has 6 heteroatoms. The lowest BCUT2D eigenvalue weighted by Gasteiger charge is -2.31. The molecule has 0 atom stereocenters. The molecule has 1 heterocycles. The quantitative estimate of drug-likeness (QED) is 0.872. The molecule has 0 aromatic heterocycles. The molecule has 0 spiro atoms. The van der Waals surface area contributed by atoms with Crippen LogP contribution in [0.25, 0.3) is 0 Å². The Morgan fingerprint density at radius 2 is 1.81 bits per heavy atom. The standard InChI is InChI=1S/C15H21N3O2.ClH/c16-10-12-6-8-18(9-7-12)14(19)11-17-15(20)13-4-2-1-3-5-13;/h1-5,12H,6-11,16H2,(H,17,20);1H. The monoisotopic (exact) mass is 311 g/mol. The first kappa shape index (κ1) is 17.5. The van der Waals surface area contributed by atoms with Crippen molar-refractivity contribution in [3.8, 4) is 0 Å². The molecule has 1 aliphatic rings. The van der Waals surface area contributed by atoms with Gasteiger partial charge >= 0.3 is 0 Å². The van der Waals surface area contributed by atoms with Crippen LogP contribution in [0.2, 0.25) is 0 Å². The van der Waals surface area contributed by atoms with Gasteiger partial charge in [0.15, 0.2) is 0 Å². The number of benzene rings is 1. The summed E-state index contributed by atoms with van der Waals surface area (Å²) in [6.07, 6.45) is 1.91. The lowest BCUT2D eigenvalue weighted by molar-refractivity contribution is -0.131. The molecule has 0 saturated carbocycles. The predicted octanol–water partition coefficient (Wildman–Crippen LogP) is 1.04. The molecule has 116 valence electrons. The van der Waals surface area contributed by atoms with Crippen LogP contribution in [-0.4, -0.2) is 42.9 Å². The Hall–Kier alpha value is -1.59. The average molecular weight is 312 g/mol. The molecule has 1 saturated heterocycles. The molecule has 1 fully saturated rings. The minimum Gasteiger partial charge on any atom is -0.343 e. The number of halogens is 1. The lowest BCUT2D eigenvalue weighted by Crippen LogP contribution is -2.44. The van der Waals surface area contributed by atoms with E-state index in [2.05, 4.69) is 5.32 Å². The number of amides is 2. The molecule has 5 nitrogen and oxygen atoms in total. The summed E-state index contributed by atoms with van der Waals surface area (Å²) in [5.41, 5.74) is 6.20. The van der Waals surface area contributed by atoms with Gasteiger partial charge in [-0.1, -0.05) is 18.2 Å². The first-order valence-corrected chi connectivity index (χ1v) is 7.02. The van der Waals surface area contributed by atoms with E-state index in [1.54, 1.807) is 29.2 Å². The van der Waals surface area contributed by atoms with Gasteiger partial charge in [-0.2, -0.15) is 0 Å². The summed E-state index contributed by atoms with van der Waals surface area (Å²) in [5, 5.41) is 2.67. The normalized spacial score (nSPS) is 15.2. The van der Waals surface area contributed by atoms with E-state index in [9.17, 15) is 9.59 Å². The molecule has 1 aromatic carbocycles. The number of hydrogen-bond donors (Lipinski definition) is 2. The minimum absolute atomic E-state index is 0. The summed E-state index contributed by atoms with van der Waals surface area (Å²) in [5.74, 6) is 0.290. The van der Waals surface area contributed by atoms with Crippen molar-refractivity contribution in [2.75, 3.05) is 26.2 Å². The topological polar surface area (TPSA) is 75.4 Å². The summed E-state index contributed by atoms with van der Waals surface area (Å²) in [4.78, 5) is 25.6. The zero-order valence-electron chi connectivity index (χ0n) is 12.0. The number of rotatable bonds is 4. The zero-order chi connectivity index (χ0) is 14.4. The smallest absolute Gasteiger partial charge is 0.251 e. The van der Waals surface area contributed by atoms with Crippen molar-refractivity contribution in [3.05, 3.63) is 35.9 Å². The highest BCUT2D eigenvalue weighted by Gasteiger charge is 2.22. The Labute approximate surface area is 131 Å². The largest absolute Gasteiger partial charge is 0.343 e. The van der Waals surface area contributed by atoms with E-state index in [1.807, 2.05) is 6.07 Å². The van der Waals surface area contributed by atoms with Gasteiger partial charge in [-0.25, -0.2) is 0 Å². The second kappa shape index (κ2) is 8.64. The number of nitrogens with zero attached hydrogens (tertiary/aromatic N) is 1. The highest BCUT2D eigenvalue weighted by atomic mass is 35.5. The van der Waals surface area contributed by atoms with E-state index in [1.165, 1.54) is 0 Å². The molecule has 0 bridgehead atoms. The average Bonchev–Trinajstić information content (AvgIpc) is 2.53. The number of carbonyl (C=O) groups is 2. The van der Waals surface area contributed by atoms with Crippen LogP contribution >= 0.6 is 12.4 Å². The van der Waals surface area contributed by atoms with Crippen molar-refractivity contribution in [2.45, 2.75) is 12.8 Å². The van der Waals surface area contributed by atoms with Crippen molar-refractivity contribution < 1.29 is 9.59 Å². The van der Waals surface area contributed by atoms with Gasteiger partial charge in [-0.15, -0.1) is 12.4 Å². The van der Waals surface area contributed by atoms with E-state index in [0.29, 0.717) is 18.0 Å². The zero-order valence-corrected chi connectivity index (χ0v) is 12.8. The Bertz CT molecular complexity index is 459. The van der Waals surface area contributed by atoms with Crippen molar-refractivity contribution in [1.29, 1.82) is 0 Å². The lowest BCUT2D eigenvalue weighted by atomic mass is 9.97. The number of nitrogens with one attached hydrogen (secondary N) is 1. The van der Waals surface area contributed by atoms with Crippen LogP contribution in [0, 0.1) is 5.92 Å². The predicted molar refractivity (Wildman–Crippen MR) is 84.4 cm³/mol. The van der Waals surface area contributed by atoms with Crippen LogP contribution in [0.1, 0.15) is 23.2 Å². The van der Waals surface area contributed by atoms with Crippen LogP contribution in [0.3, 0.4) is 0 Å². The summed E-state index contributed by atoms with van der Waals surface area (Å²) in [6, 6.07) is 8.91. The molecule has 2 amide bonds. The number of hydrogen-bond acceptors (Lipinski definition) is 3. The summed E-state index contributed by atoms with van der Waals surface area (Å²) < 4.78 is 0. The van der Waals surface area contributed by atoms with Gasteiger partial charge in [-0.05, 0) is 37.4 Å². The Kier molecular flexibility index (Phi) is 7.19. The summed E-state index contributed by atoms with van der Waals surface area (Å²) >= 11 is 0. The van der Waals surface area contributed by atoms with Gasteiger partial charge < -0.3 is 16.0 Å². The van der Waals surface area contributed by atoms with Gasteiger partial charge in [0.25, 0.3) is 5.91 Å². The van der Waals surface area contributed by atoms with E-state index in [-0.39, 0.29) is 30.8 Å². The molecule has 21 heavy (non-hydrogen) atoms. The van der Waals surface area contributed by atoms with Gasteiger partial charge in [-0.3, -0.25) is 9.59 Å². The van der Waals surface area contributed by atoms with Gasteiger partial charge in [0.2, 0.25) is 5.91 Å². The molecule has 1 aromatic rings. The van der Waals surface area contributed by atoms with Crippen molar-refractivity contribution in [2.24, 2.45) is 11.7 Å². The second-order valence-corrected chi connectivity index (χ2v) is 5.11. The second-order valence-electron chi connectivity index (χ2n) is 5.11. The van der Waals surface area contributed by atoms with Crippen molar-refractivity contribution >= 4 is 24.2 Å². The number of likely N-dealkylation sites (tertiary alicyclic amines) is 1. The molecule has 2 rings (SSSR count). The third-order valence-electron chi connectivity index (χ3n) is 3.74. The fraction of sp³-hybridized carbons (Fsp3) is 0.467. The highest BCUT2D eigenvalue weighted by molar-refractivity contribution is 5.96. The molecular formula is C15H22ClN3O2. The summed E-state index contributed by atoms with van der Waals surface area (Å²) in [6.45, 7) is 2.22. The number of piperidine rings is 1. The SMILES string of the molecule is Cl.NCC1CCN(C(=O)CNC(=O)c2ccccc2)CC1. The molecule has 1 aliphatic heterocycles. The van der Waals surface area contributed by atoms with Crippen LogP contribution < -0.4 is 11.1 Å². The van der Waals surface area contributed by atoms with Crippen LogP contribution in [0.5, 0.6) is 0 Å². The Balaban J connectivity index is 0.00000220. The van der Waals surface area contributed by atoms with Crippen LogP contribution in [-0.2, 0) is 4.79 Å². The van der Waals surface area contributed by atoms with Crippen LogP contribution in [0.4, 0.5) is 0 Å². The summed E-state index contributed by atoms with van der Waals surface area (Å²) in [7, 11) is 0. The fourth-order valence-corrected chi connectivity index (χ4v) is 2.38. The maximum Gasteiger partial charge on any atom is 0.251 e. The molecule has 0 radical (unpaired) electrons. The number of carbonyl (C=O) groups excluding carboxylic acids is 2. The Morgan fingerprint density at radius 3 is 2.38 bits per heavy atom. The molecule has 0 aliphatic carbocycles. The van der Waals surface area contributed by atoms with Gasteiger partial charge in [0.1, 0.15) is 0 Å². The van der Waals surface area contributed by atoms with Gasteiger partial charge in [0, 0.05) is 18.7 Å². The Morgan fingerprint density at radius 1 is 1.19 bits per heavy atom. The van der Waals surface area contributed by atoms with E-state index >= 15 is 0 Å². The van der Waals surface area contributed by atoms with Gasteiger partial charge in [0.05, 0.1) is 6.54 Å². The first-order valence-electron chi connectivity index (χ1n) is 7.02.